The number of hydrogen-bond donors (Lipinski definition) is 8. The largest absolute Gasteiger partial charge is 0.508 e. The summed E-state index contributed by atoms with van der Waals surface area (Å²) in [5, 5.41) is 58.2. The molecule has 8 N–H and O–H groups in total. The van der Waals surface area contributed by atoms with E-state index in [-0.39, 0.29) is 90.2 Å². The van der Waals surface area contributed by atoms with Crippen molar-refractivity contribution in [2.45, 2.75) is 234 Å². The van der Waals surface area contributed by atoms with Crippen LogP contribution >= 0.6 is 0 Å². The summed E-state index contributed by atoms with van der Waals surface area (Å²) in [4.78, 5) is 34.5. The highest BCUT2D eigenvalue weighted by atomic mass is 32.2. The van der Waals surface area contributed by atoms with E-state index in [0.717, 1.165) is 42.4 Å². The number of nitrogens with one attached hydrogen (secondary N) is 3. The van der Waals surface area contributed by atoms with Crippen LogP contribution in [0.4, 0.5) is 11.6 Å². The molecule has 4 fully saturated rings. The van der Waals surface area contributed by atoms with Crippen LogP contribution < -0.4 is 15.4 Å². The van der Waals surface area contributed by atoms with E-state index in [9.17, 15) is 43.5 Å². The van der Waals surface area contributed by atoms with Crippen LogP contribution in [0.15, 0.2) is 108 Å². The Bertz CT molecular complexity index is 3140. The van der Waals surface area contributed by atoms with Gasteiger partial charge in [0.1, 0.15) is 17.2 Å². The molecule has 1 aromatic heterocycles. The minimum absolute atomic E-state index is 0.00525. The van der Waals surface area contributed by atoms with E-state index in [2.05, 4.69) is 32.2 Å². The topological polar surface area (TPSA) is 305 Å². The summed E-state index contributed by atoms with van der Waals surface area (Å²) in [6, 6.07) is 27.7. The first-order valence-electron chi connectivity index (χ1n) is 31.7. The monoisotopic (exact) mass is 1270 g/mol. The van der Waals surface area contributed by atoms with Crippen LogP contribution in [0.25, 0.3) is 0 Å². The number of ether oxygens (including phenoxy) is 8. The average Bonchev–Trinajstić information content (AvgIpc) is 2.41. The zero-order valence-corrected chi connectivity index (χ0v) is 52.6. The van der Waals surface area contributed by atoms with Gasteiger partial charge >= 0.3 is 0 Å². The van der Waals surface area contributed by atoms with Gasteiger partial charge in [0.05, 0.1) is 72.5 Å². The predicted molar refractivity (Wildman–Crippen MR) is 332 cm³/mol. The molecule has 4 saturated heterocycles. The molecule has 4 aliphatic heterocycles. The Morgan fingerprint density at radius 3 is 1.49 bits per heavy atom. The number of aliphatic hydroxyl groups is 2. The van der Waals surface area contributed by atoms with Crippen LogP contribution in [-0.4, -0.2) is 130 Å². The molecule has 22 nitrogen and oxygen atoms in total. The summed E-state index contributed by atoms with van der Waals surface area (Å²) < 4.78 is 79.4. The number of aliphatic hydroxyl groups excluding tert-OH is 2. The van der Waals surface area contributed by atoms with Gasteiger partial charge < -0.3 is 74.1 Å². The number of carbonyl (C=O) groups excluding carboxylic acids is 2. The SMILES string of the molecule is CCC1CC(CCCC2CC(CC(O)CCCC3CC(CCCC(O)CC4C[C@H](C)OC(c5ccc(O)cc5)O4)OC(c4ccc(O)cc4)O3)OC(CNC(=O)CCC(=O)Nc3ccc(S(=O)(=O)Nc4nc(C)cc(C)n4)cc3)O2)OC(c2ccc(O)cc2)O1. The van der Waals surface area contributed by atoms with Gasteiger partial charge in [-0.15, -0.1) is 0 Å². The number of aromatic nitrogens is 2. The number of phenolic OH excluding ortho intramolecular Hbond substituents is 3. The van der Waals surface area contributed by atoms with Gasteiger partial charge in [0.15, 0.2) is 25.2 Å². The van der Waals surface area contributed by atoms with Crippen molar-refractivity contribution >= 4 is 33.5 Å². The number of carbonyl (C=O) groups is 2. The van der Waals surface area contributed by atoms with E-state index < -0.39 is 65.3 Å². The van der Waals surface area contributed by atoms with Crippen LogP contribution in [0.1, 0.15) is 176 Å². The van der Waals surface area contributed by atoms with Gasteiger partial charge in [-0.2, -0.15) is 0 Å². The van der Waals surface area contributed by atoms with Gasteiger partial charge in [-0.05, 0) is 171 Å². The number of nitrogens with zero attached hydrogens (tertiary/aromatic N) is 2. The summed E-state index contributed by atoms with van der Waals surface area (Å²) in [6.45, 7) is 7.56. The van der Waals surface area contributed by atoms with Crippen molar-refractivity contribution in [1.29, 1.82) is 0 Å². The summed E-state index contributed by atoms with van der Waals surface area (Å²) in [7, 11) is -4.01. The Kier molecular flexibility index (Phi) is 24.8. The molecule has 13 unspecified atom stereocenters. The van der Waals surface area contributed by atoms with Gasteiger partial charge in [-0.25, -0.2) is 23.1 Å². The fraction of sp³-hybridized carbons (Fsp3) is 0.552. The van der Waals surface area contributed by atoms with Crippen molar-refractivity contribution in [3.63, 3.8) is 0 Å². The summed E-state index contributed by atoms with van der Waals surface area (Å²) in [5.74, 6) is -0.443. The van der Waals surface area contributed by atoms with E-state index in [1.807, 2.05) is 6.92 Å². The lowest BCUT2D eigenvalue weighted by atomic mass is 9.95. The molecule has 0 radical (unpaired) electrons. The van der Waals surface area contributed by atoms with E-state index in [4.69, 9.17) is 37.9 Å². The van der Waals surface area contributed by atoms with E-state index >= 15 is 0 Å². The first-order chi connectivity index (χ1) is 43.3. The van der Waals surface area contributed by atoms with Crippen molar-refractivity contribution in [2.75, 3.05) is 16.6 Å². The Morgan fingerprint density at radius 2 is 0.967 bits per heavy atom. The molecular weight excluding hydrogens is 1180 g/mol. The Balaban J connectivity index is 0.758. The Morgan fingerprint density at radius 1 is 0.544 bits per heavy atom. The lowest BCUT2D eigenvalue weighted by molar-refractivity contribution is -0.252. The van der Waals surface area contributed by atoms with Crippen molar-refractivity contribution in [1.82, 2.24) is 15.3 Å². The normalized spacial score (nSPS) is 26.2. The molecule has 4 aliphatic rings. The molecule has 14 atom stereocenters. The second-order valence-electron chi connectivity index (χ2n) is 24.3. The number of aryl methyl sites for hydroxylation is 2. The van der Waals surface area contributed by atoms with Crippen LogP contribution in [0.3, 0.4) is 0 Å². The first-order valence-corrected chi connectivity index (χ1v) is 33.2. The van der Waals surface area contributed by atoms with Crippen molar-refractivity contribution < 1.29 is 81.4 Å². The molecule has 2 amide bonds. The number of anilines is 2. The summed E-state index contributed by atoms with van der Waals surface area (Å²) in [6.07, 6.45) is 4.43. The molecule has 490 valence electrons. The maximum Gasteiger partial charge on any atom is 0.264 e. The zero-order valence-electron chi connectivity index (χ0n) is 51.8. The molecule has 90 heavy (non-hydrogen) atoms. The highest BCUT2D eigenvalue weighted by Crippen LogP contribution is 2.38. The van der Waals surface area contributed by atoms with Crippen LogP contribution in [0.2, 0.25) is 0 Å². The summed E-state index contributed by atoms with van der Waals surface area (Å²) >= 11 is 0. The highest BCUT2D eigenvalue weighted by molar-refractivity contribution is 7.92. The quantitative estimate of drug-likeness (QED) is 0.0221. The third-order valence-electron chi connectivity index (χ3n) is 16.7. The van der Waals surface area contributed by atoms with Crippen LogP contribution in [0.5, 0.6) is 17.2 Å². The van der Waals surface area contributed by atoms with Gasteiger partial charge in [0.25, 0.3) is 10.0 Å². The fourth-order valence-corrected chi connectivity index (χ4v) is 13.0. The molecule has 0 bridgehead atoms. The van der Waals surface area contributed by atoms with Gasteiger partial charge in [-0.3, -0.25) is 9.59 Å². The van der Waals surface area contributed by atoms with Crippen molar-refractivity contribution in [3.8, 4) is 17.2 Å². The van der Waals surface area contributed by atoms with Gasteiger partial charge in [-0.1, -0.05) is 43.3 Å². The number of rotatable bonds is 29. The molecule has 5 aromatic rings. The second kappa shape index (κ2) is 32.8. The third-order valence-corrected chi connectivity index (χ3v) is 18.0. The number of aromatic hydroxyl groups is 3. The molecule has 4 aromatic carbocycles. The molecule has 0 saturated carbocycles. The van der Waals surface area contributed by atoms with Crippen LogP contribution in [0, 0.1) is 13.8 Å². The lowest BCUT2D eigenvalue weighted by Crippen LogP contribution is -2.45. The van der Waals surface area contributed by atoms with Crippen molar-refractivity contribution in [2.24, 2.45) is 0 Å². The third kappa shape index (κ3) is 21.1. The van der Waals surface area contributed by atoms with E-state index in [0.29, 0.717) is 94.1 Å². The molecule has 9 rings (SSSR count). The number of hydrogen-bond acceptors (Lipinski definition) is 19. The number of sulfonamides is 1. The van der Waals surface area contributed by atoms with E-state index in [1.54, 1.807) is 92.7 Å². The Labute approximate surface area is 527 Å². The smallest absolute Gasteiger partial charge is 0.264 e. The van der Waals surface area contributed by atoms with Crippen molar-refractivity contribution in [3.05, 3.63) is 131 Å². The minimum atomic E-state index is -4.01. The molecule has 0 spiro atoms. The van der Waals surface area contributed by atoms with Gasteiger partial charge in [0.2, 0.25) is 17.8 Å². The number of benzene rings is 4. The highest BCUT2D eigenvalue weighted by Gasteiger charge is 2.36. The number of phenols is 3. The maximum atomic E-state index is 13.3. The maximum absolute atomic E-state index is 13.3. The summed E-state index contributed by atoms with van der Waals surface area (Å²) in [5.41, 5.74) is 3.97. The van der Waals surface area contributed by atoms with Crippen LogP contribution in [-0.2, 0) is 57.5 Å². The fourth-order valence-electron chi connectivity index (χ4n) is 12.1. The lowest BCUT2D eigenvalue weighted by Gasteiger charge is -2.38. The standard InChI is InChI=1S/C67H89N5O17S/c1-5-53-37-55(86-65(85-53)45-17-25-49(74)26-18-45)14-8-13-54-39-59(84-63(83-54)40-68-61(78)31-32-62(79)71-47-21-29-60(30-22-47)90(80,81)72-67-69-41(2)33-42(3)70-67)36-52(77)10-7-12-57-38-56(87-66(88-57)46-19-27-50(75)28-20-46)11-6-9-51(76)35-58-34-43(4)82-64(89-58)44-15-23-48(73)24-16-44/h15-30,33,43,51-59,63-66,73-77H,5-14,31-32,34-40H2,1-4H3,(H,68,78)(H,71,79)(H,69,70,72)/t43-,51?,52?,53?,54?,55?,56?,57?,58?,59?,63?,64?,65?,66?/m0/s1. The molecule has 23 heteroatoms. The zero-order chi connectivity index (χ0) is 63.7. The molecular formula is C67H89N5O17S. The van der Waals surface area contributed by atoms with Gasteiger partial charge in [0, 0.05) is 65.9 Å². The number of amides is 2. The Hall–Kier alpha value is -6.35. The predicted octanol–water partition coefficient (Wildman–Crippen LogP) is 10.4. The average molecular weight is 1270 g/mol. The molecule has 5 heterocycles. The first kappa shape index (κ1) is 68.0. The van der Waals surface area contributed by atoms with E-state index in [1.165, 1.54) is 24.3 Å². The minimum Gasteiger partial charge on any atom is -0.508 e. The second-order valence-corrected chi connectivity index (χ2v) is 26.0. The molecule has 0 aliphatic carbocycles.